The normalized spacial score (nSPS) is 12.2. The summed E-state index contributed by atoms with van der Waals surface area (Å²) in [6, 6.07) is 18.0. The summed E-state index contributed by atoms with van der Waals surface area (Å²) in [6.45, 7) is 0. The third-order valence-electron chi connectivity index (χ3n) is 3.94. The Morgan fingerprint density at radius 1 is 0.870 bits per heavy atom. The number of hydrogen-bond acceptors (Lipinski definition) is 3. The van der Waals surface area contributed by atoms with E-state index in [1.165, 1.54) is 11.1 Å². The van der Waals surface area contributed by atoms with Crippen molar-refractivity contribution in [1.82, 2.24) is 9.97 Å². The highest BCUT2D eigenvalue weighted by molar-refractivity contribution is 5.57. The van der Waals surface area contributed by atoms with Crippen LogP contribution in [0.2, 0.25) is 0 Å². The number of hydrogen-bond donors (Lipinski definition) is 0. The number of nitrogens with zero attached hydrogens (tertiary/aromatic N) is 2. The predicted molar refractivity (Wildman–Crippen MR) is 90.5 cm³/mol. The second-order valence-electron chi connectivity index (χ2n) is 5.53. The van der Waals surface area contributed by atoms with Gasteiger partial charge in [-0.25, -0.2) is 9.97 Å². The summed E-state index contributed by atoms with van der Waals surface area (Å²) in [5.74, 6) is 1.69. The summed E-state index contributed by atoms with van der Waals surface area (Å²) in [5, 5.41) is 0. The zero-order valence-corrected chi connectivity index (χ0v) is 12.6. The Hall–Kier alpha value is -2.94. The highest BCUT2D eigenvalue weighted by Crippen LogP contribution is 2.24. The molecule has 4 rings (SSSR count). The van der Waals surface area contributed by atoms with Crippen LogP contribution in [0.4, 0.5) is 0 Å². The number of para-hydroxylation sites is 1. The molecule has 3 heteroatoms. The number of allylic oxidation sites excluding steroid dienone is 1. The smallest absolute Gasteiger partial charge is 0.127 e. The Balaban J connectivity index is 1.50. The van der Waals surface area contributed by atoms with Crippen molar-refractivity contribution in [3.63, 3.8) is 0 Å². The molecule has 3 nitrogen and oxygen atoms in total. The zero-order chi connectivity index (χ0) is 15.5. The van der Waals surface area contributed by atoms with Crippen LogP contribution < -0.4 is 4.74 Å². The van der Waals surface area contributed by atoms with E-state index in [4.69, 9.17) is 4.74 Å². The molecule has 23 heavy (non-hydrogen) atoms. The molecule has 0 spiro atoms. The van der Waals surface area contributed by atoms with Crippen molar-refractivity contribution in [3.8, 4) is 11.5 Å². The van der Waals surface area contributed by atoms with E-state index in [9.17, 15) is 0 Å². The average Bonchev–Trinajstić information content (AvgIpc) is 3.07. The van der Waals surface area contributed by atoms with Gasteiger partial charge in [0.1, 0.15) is 17.8 Å². The van der Waals surface area contributed by atoms with Crippen molar-refractivity contribution in [1.29, 1.82) is 0 Å². The van der Waals surface area contributed by atoms with Gasteiger partial charge in [-0.3, -0.25) is 0 Å². The van der Waals surface area contributed by atoms with Crippen LogP contribution in [0, 0.1) is 0 Å². The van der Waals surface area contributed by atoms with Gasteiger partial charge in [0.2, 0.25) is 0 Å². The predicted octanol–water partition coefficient (Wildman–Crippen LogP) is 4.43. The minimum atomic E-state index is 0.818. The third kappa shape index (κ3) is 2.99. The minimum Gasteiger partial charge on any atom is -0.457 e. The van der Waals surface area contributed by atoms with Crippen LogP contribution in [0.1, 0.15) is 22.5 Å². The third-order valence-corrected chi connectivity index (χ3v) is 3.94. The summed E-state index contributed by atoms with van der Waals surface area (Å²) in [6.07, 6.45) is 7.60. The lowest BCUT2D eigenvalue weighted by Crippen LogP contribution is -2.00. The Bertz CT molecular complexity index is 839. The molecular formula is C20H16N2O. The summed E-state index contributed by atoms with van der Waals surface area (Å²) in [5.41, 5.74) is 4.63. The first-order chi connectivity index (χ1) is 11.4. The van der Waals surface area contributed by atoms with Gasteiger partial charge in [0.15, 0.2) is 0 Å². The van der Waals surface area contributed by atoms with Gasteiger partial charge in [0.05, 0.1) is 11.4 Å². The van der Waals surface area contributed by atoms with Crippen LogP contribution in [-0.2, 0) is 12.8 Å². The van der Waals surface area contributed by atoms with E-state index in [2.05, 4.69) is 34.3 Å². The highest BCUT2D eigenvalue weighted by atomic mass is 16.5. The van der Waals surface area contributed by atoms with Crippen molar-refractivity contribution in [2.45, 2.75) is 12.8 Å². The first-order valence-electron chi connectivity index (χ1n) is 7.69. The molecule has 1 heterocycles. The highest BCUT2D eigenvalue weighted by Gasteiger charge is 2.12. The van der Waals surface area contributed by atoms with Crippen molar-refractivity contribution in [2.75, 3.05) is 0 Å². The topological polar surface area (TPSA) is 35.0 Å². The van der Waals surface area contributed by atoms with Crippen LogP contribution >= 0.6 is 0 Å². The maximum atomic E-state index is 5.82. The monoisotopic (exact) mass is 300 g/mol. The van der Waals surface area contributed by atoms with Crippen LogP contribution in [0.5, 0.6) is 11.5 Å². The summed E-state index contributed by atoms with van der Waals surface area (Å²) < 4.78 is 5.82. The fraction of sp³-hybridized carbons (Fsp3) is 0.100. The van der Waals surface area contributed by atoms with E-state index in [-0.39, 0.29) is 0 Å². The molecule has 3 aromatic rings. The van der Waals surface area contributed by atoms with Crippen molar-refractivity contribution < 1.29 is 4.74 Å². The van der Waals surface area contributed by atoms with Gasteiger partial charge in [-0.1, -0.05) is 36.4 Å². The fourth-order valence-corrected chi connectivity index (χ4v) is 2.76. The second-order valence-corrected chi connectivity index (χ2v) is 5.53. The summed E-state index contributed by atoms with van der Waals surface area (Å²) in [4.78, 5) is 8.76. The number of benzene rings is 2. The fourth-order valence-electron chi connectivity index (χ4n) is 2.76. The molecule has 0 saturated carbocycles. The lowest BCUT2D eigenvalue weighted by atomic mass is 10.0. The molecule has 0 saturated heterocycles. The average molecular weight is 300 g/mol. The van der Waals surface area contributed by atoms with Crippen LogP contribution in [0.25, 0.3) is 6.08 Å². The van der Waals surface area contributed by atoms with E-state index < -0.39 is 0 Å². The Morgan fingerprint density at radius 2 is 1.65 bits per heavy atom. The standard InChI is InChI=1S/C20H16N2O/c1-2-5-16(6-3-1)23-17-11-9-15(10-12-17)13-20-18-7-4-8-19(18)21-14-22-20/h1-6,8-12,14H,7,13H2. The second kappa shape index (κ2) is 6.05. The van der Waals surface area contributed by atoms with Gasteiger partial charge in [0.25, 0.3) is 0 Å². The molecule has 0 bridgehead atoms. The molecule has 0 radical (unpaired) electrons. The molecule has 1 aliphatic rings. The SMILES string of the molecule is C1=Cc2ncnc(Cc3ccc(Oc4ccccc4)cc3)c2C1. The van der Waals surface area contributed by atoms with E-state index >= 15 is 0 Å². The molecule has 0 N–H and O–H groups in total. The Kier molecular flexibility index (Phi) is 3.60. The molecule has 0 atom stereocenters. The summed E-state index contributed by atoms with van der Waals surface area (Å²) in [7, 11) is 0. The van der Waals surface area contributed by atoms with Crippen molar-refractivity contribution in [2.24, 2.45) is 0 Å². The van der Waals surface area contributed by atoms with E-state index in [0.717, 1.165) is 35.7 Å². The maximum Gasteiger partial charge on any atom is 0.127 e. The lowest BCUT2D eigenvalue weighted by molar-refractivity contribution is 0.482. The van der Waals surface area contributed by atoms with Gasteiger partial charge in [-0.05, 0) is 42.3 Å². The largest absolute Gasteiger partial charge is 0.457 e. The first kappa shape index (κ1) is 13.7. The number of ether oxygens (including phenoxy) is 1. The molecule has 2 aromatic carbocycles. The zero-order valence-electron chi connectivity index (χ0n) is 12.6. The molecule has 112 valence electrons. The van der Waals surface area contributed by atoms with Crippen LogP contribution in [0.3, 0.4) is 0 Å². The number of fused-ring (bicyclic) bond motifs is 1. The van der Waals surface area contributed by atoms with Crippen LogP contribution in [0.15, 0.2) is 67.0 Å². The Morgan fingerprint density at radius 3 is 2.48 bits per heavy atom. The number of aromatic nitrogens is 2. The quantitative estimate of drug-likeness (QED) is 0.715. The van der Waals surface area contributed by atoms with Gasteiger partial charge in [-0.2, -0.15) is 0 Å². The lowest BCUT2D eigenvalue weighted by Gasteiger charge is -2.08. The first-order valence-corrected chi connectivity index (χ1v) is 7.69. The molecular weight excluding hydrogens is 284 g/mol. The van der Waals surface area contributed by atoms with Gasteiger partial charge >= 0.3 is 0 Å². The van der Waals surface area contributed by atoms with Crippen LogP contribution in [-0.4, -0.2) is 9.97 Å². The van der Waals surface area contributed by atoms with E-state index in [1.54, 1.807) is 6.33 Å². The van der Waals surface area contributed by atoms with Gasteiger partial charge in [-0.15, -0.1) is 0 Å². The molecule has 0 unspecified atom stereocenters. The molecule has 0 fully saturated rings. The molecule has 0 amide bonds. The minimum absolute atomic E-state index is 0.818. The van der Waals surface area contributed by atoms with E-state index in [0.29, 0.717) is 0 Å². The molecule has 1 aliphatic carbocycles. The van der Waals surface area contributed by atoms with Gasteiger partial charge < -0.3 is 4.74 Å². The maximum absolute atomic E-state index is 5.82. The summed E-state index contributed by atoms with van der Waals surface area (Å²) >= 11 is 0. The van der Waals surface area contributed by atoms with Crippen molar-refractivity contribution >= 4 is 6.08 Å². The number of rotatable bonds is 4. The van der Waals surface area contributed by atoms with Crippen molar-refractivity contribution in [3.05, 3.63) is 89.5 Å². The van der Waals surface area contributed by atoms with E-state index in [1.807, 2.05) is 42.5 Å². The Labute approximate surface area is 135 Å². The van der Waals surface area contributed by atoms with Gasteiger partial charge in [0, 0.05) is 12.0 Å². The molecule has 0 aliphatic heterocycles. The molecule has 1 aromatic heterocycles.